The molecule has 5 heteroatoms. The minimum Gasteiger partial charge on any atom is -0.487 e. The molecule has 0 aromatic heterocycles. The second-order valence-electron chi connectivity index (χ2n) is 7.15. The minimum atomic E-state index is -0.828. The van der Waals surface area contributed by atoms with Gasteiger partial charge in [-0.25, -0.2) is 0 Å². The van der Waals surface area contributed by atoms with Gasteiger partial charge in [0, 0.05) is 24.5 Å². The molecule has 0 unspecified atom stereocenters. The maximum Gasteiger partial charge on any atom is 0.159 e. The molecule has 3 aliphatic rings. The number of nitriles is 1. The molecular formula is C20H21NO4. The summed E-state index contributed by atoms with van der Waals surface area (Å²) in [6.45, 7) is 0. The summed E-state index contributed by atoms with van der Waals surface area (Å²) in [5, 5.41) is 20.3. The number of hydrogen-bond donors (Lipinski definition) is 1. The first-order valence-corrected chi connectivity index (χ1v) is 8.92. The smallest absolute Gasteiger partial charge is 0.159 e. The van der Waals surface area contributed by atoms with E-state index in [1.54, 1.807) is 18.2 Å². The van der Waals surface area contributed by atoms with Crippen LogP contribution in [0.25, 0.3) is 0 Å². The Morgan fingerprint density at radius 2 is 2.04 bits per heavy atom. The van der Waals surface area contributed by atoms with Gasteiger partial charge in [-0.1, -0.05) is 6.42 Å². The maximum atomic E-state index is 11.5. The van der Waals surface area contributed by atoms with Crippen molar-refractivity contribution in [3.05, 3.63) is 41.2 Å². The topological polar surface area (TPSA) is 79.5 Å². The third kappa shape index (κ3) is 2.81. The van der Waals surface area contributed by atoms with Crippen LogP contribution < -0.4 is 4.74 Å². The Kier molecular flexibility index (Phi) is 4.01. The van der Waals surface area contributed by atoms with Crippen LogP contribution in [0.4, 0.5) is 0 Å². The fourth-order valence-electron chi connectivity index (χ4n) is 4.16. The summed E-state index contributed by atoms with van der Waals surface area (Å²) in [5.41, 5.74) is 0.537. The number of fused-ring (bicyclic) bond motifs is 1. The molecule has 1 N–H and O–H groups in total. The van der Waals surface area contributed by atoms with E-state index in [1.165, 1.54) is 6.08 Å². The van der Waals surface area contributed by atoms with Crippen LogP contribution in [0.15, 0.2) is 30.0 Å². The Labute approximate surface area is 146 Å². The predicted octanol–water partition coefficient (Wildman–Crippen LogP) is 3.32. The highest BCUT2D eigenvalue weighted by Crippen LogP contribution is 2.48. The predicted molar refractivity (Wildman–Crippen MR) is 89.8 cm³/mol. The van der Waals surface area contributed by atoms with Gasteiger partial charge in [0.2, 0.25) is 0 Å². The number of benzene rings is 1. The van der Waals surface area contributed by atoms with Crippen molar-refractivity contribution >= 4 is 5.78 Å². The third-order valence-electron chi connectivity index (χ3n) is 5.50. The van der Waals surface area contributed by atoms with Crippen molar-refractivity contribution in [2.24, 2.45) is 0 Å². The highest BCUT2D eigenvalue weighted by Gasteiger charge is 2.51. The number of carbonyl (C=O) groups excluding carboxylic acids is 1. The number of ketones is 1. The fourth-order valence-corrected chi connectivity index (χ4v) is 4.16. The largest absolute Gasteiger partial charge is 0.487 e. The molecule has 1 saturated carbocycles. The second kappa shape index (κ2) is 6.20. The quantitative estimate of drug-likeness (QED) is 0.894. The van der Waals surface area contributed by atoms with Gasteiger partial charge in [0.1, 0.15) is 23.2 Å². The van der Waals surface area contributed by atoms with E-state index in [0.29, 0.717) is 35.5 Å². The van der Waals surface area contributed by atoms with Gasteiger partial charge in [-0.3, -0.25) is 4.79 Å². The maximum absolute atomic E-state index is 11.5. The molecule has 0 saturated heterocycles. The fraction of sp³-hybridized carbons (Fsp3) is 0.500. The molecule has 1 aromatic rings. The van der Waals surface area contributed by atoms with Crippen molar-refractivity contribution in [2.45, 2.75) is 62.8 Å². The lowest BCUT2D eigenvalue weighted by Crippen LogP contribution is -2.54. The van der Waals surface area contributed by atoms with Gasteiger partial charge in [0.05, 0.1) is 11.6 Å². The first kappa shape index (κ1) is 16.2. The molecule has 1 fully saturated rings. The molecule has 130 valence electrons. The van der Waals surface area contributed by atoms with E-state index in [1.807, 2.05) is 0 Å². The number of hydrogen-bond acceptors (Lipinski definition) is 5. The Hall–Kier alpha value is -2.32. The Bertz CT molecular complexity index is 770. The highest BCUT2D eigenvalue weighted by atomic mass is 16.5. The molecule has 1 aliphatic heterocycles. The standard InChI is InChI=1S/C20H21NO4/c21-12-13-4-7-17-16(10-13)18(24-15-6-5-14(22)11-15)19(23)20(25-17)8-2-1-3-9-20/h4,7,10-11,18-19,23H,1-3,5-6,8-9H2/t18-,19+/m1/s1. The lowest BCUT2D eigenvalue weighted by Gasteiger charge is -2.47. The summed E-state index contributed by atoms with van der Waals surface area (Å²) in [5.74, 6) is 1.33. The van der Waals surface area contributed by atoms with Gasteiger partial charge in [-0.05, 0) is 43.9 Å². The summed E-state index contributed by atoms with van der Waals surface area (Å²) in [7, 11) is 0. The Balaban J connectivity index is 1.74. The Morgan fingerprint density at radius 1 is 1.24 bits per heavy atom. The summed E-state index contributed by atoms with van der Waals surface area (Å²) >= 11 is 0. The molecule has 5 nitrogen and oxygen atoms in total. The summed E-state index contributed by atoms with van der Waals surface area (Å²) in [4.78, 5) is 11.5. The zero-order valence-corrected chi connectivity index (χ0v) is 14.0. The number of carbonyl (C=O) groups is 1. The summed E-state index contributed by atoms with van der Waals surface area (Å²) < 4.78 is 12.4. The highest BCUT2D eigenvalue weighted by molar-refractivity contribution is 5.92. The molecule has 2 aliphatic carbocycles. The first-order valence-electron chi connectivity index (χ1n) is 8.92. The lowest BCUT2D eigenvalue weighted by molar-refractivity contribution is -0.150. The zero-order chi connectivity index (χ0) is 17.4. The number of nitrogens with zero attached hydrogens (tertiary/aromatic N) is 1. The number of ether oxygens (including phenoxy) is 2. The monoisotopic (exact) mass is 339 g/mol. The molecule has 0 amide bonds. The van der Waals surface area contributed by atoms with Crippen LogP contribution in [0, 0.1) is 11.3 Å². The van der Waals surface area contributed by atoms with E-state index in [2.05, 4.69) is 6.07 Å². The number of allylic oxidation sites excluding steroid dienone is 2. The van der Waals surface area contributed by atoms with Gasteiger partial charge >= 0.3 is 0 Å². The zero-order valence-electron chi connectivity index (χ0n) is 14.0. The minimum absolute atomic E-state index is 0.0509. The van der Waals surface area contributed by atoms with Crippen LogP contribution in [0.1, 0.15) is 62.2 Å². The molecule has 1 aromatic carbocycles. The molecule has 0 bridgehead atoms. The summed E-state index contributed by atoms with van der Waals surface area (Å²) in [6.07, 6.45) is 5.81. The van der Waals surface area contributed by atoms with Crippen LogP contribution in [-0.4, -0.2) is 22.6 Å². The van der Waals surface area contributed by atoms with Crippen LogP contribution >= 0.6 is 0 Å². The van der Waals surface area contributed by atoms with Gasteiger partial charge in [0.15, 0.2) is 11.9 Å². The van der Waals surface area contributed by atoms with Crippen LogP contribution in [0.2, 0.25) is 0 Å². The lowest BCUT2D eigenvalue weighted by atomic mass is 9.75. The van der Waals surface area contributed by atoms with Crippen molar-refractivity contribution in [3.8, 4) is 11.8 Å². The normalized spacial score (nSPS) is 27.2. The number of rotatable bonds is 2. The van der Waals surface area contributed by atoms with E-state index >= 15 is 0 Å². The van der Waals surface area contributed by atoms with E-state index in [0.717, 1.165) is 32.1 Å². The molecule has 25 heavy (non-hydrogen) atoms. The van der Waals surface area contributed by atoms with Crippen LogP contribution in [0.5, 0.6) is 5.75 Å². The van der Waals surface area contributed by atoms with Gasteiger partial charge in [0.25, 0.3) is 0 Å². The van der Waals surface area contributed by atoms with Crippen LogP contribution in [-0.2, 0) is 9.53 Å². The van der Waals surface area contributed by atoms with Crippen molar-refractivity contribution in [1.29, 1.82) is 5.26 Å². The van der Waals surface area contributed by atoms with Crippen molar-refractivity contribution in [2.75, 3.05) is 0 Å². The molecule has 1 spiro atoms. The first-order chi connectivity index (χ1) is 12.1. The van der Waals surface area contributed by atoms with Crippen molar-refractivity contribution in [1.82, 2.24) is 0 Å². The molecule has 1 heterocycles. The van der Waals surface area contributed by atoms with E-state index in [4.69, 9.17) is 9.47 Å². The van der Waals surface area contributed by atoms with Gasteiger partial charge in [-0.2, -0.15) is 5.26 Å². The SMILES string of the molecule is N#Cc1ccc2c(c1)[C@@H](OC1=CC(=O)CC1)[C@H](O)C1(CCCCC1)O2. The number of aliphatic hydroxyl groups excluding tert-OH is 1. The van der Waals surface area contributed by atoms with Gasteiger partial charge in [-0.15, -0.1) is 0 Å². The van der Waals surface area contributed by atoms with Crippen molar-refractivity contribution in [3.63, 3.8) is 0 Å². The third-order valence-corrected chi connectivity index (χ3v) is 5.50. The van der Waals surface area contributed by atoms with E-state index < -0.39 is 17.8 Å². The van der Waals surface area contributed by atoms with Crippen LogP contribution in [0.3, 0.4) is 0 Å². The van der Waals surface area contributed by atoms with E-state index in [-0.39, 0.29) is 5.78 Å². The average molecular weight is 339 g/mol. The average Bonchev–Trinajstić information content (AvgIpc) is 3.04. The molecule has 0 radical (unpaired) electrons. The molecule has 2 atom stereocenters. The summed E-state index contributed by atoms with van der Waals surface area (Å²) in [6, 6.07) is 7.36. The molecular weight excluding hydrogens is 318 g/mol. The second-order valence-corrected chi connectivity index (χ2v) is 7.15. The number of aliphatic hydroxyl groups is 1. The Morgan fingerprint density at radius 3 is 2.72 bits per heavy atom. The molecule has 4 rings (SSSR count). The van der Waals surface area contributed by atoms with Gasteiger partial charge < -0.3 is 14.6 Å². The van der Waals surface area contributed by atoms with E-state index in [9.17, 15) is 15.2 Å². The van der Waals surface area contributed by atoms with Crippen molar-refractivity contribution < 1.29 is 19.4 Å².